The molecule has 4 heteroatoms. The van der Waals surface area contributed by atoms with Crippen molar-refractivity contribution in [1.29, 1.82) is 0 Å². The van der Waals surface area contributed by atoms with E-state index in [0.717, 1.165) is 21.1 Å². The summed E-state index contributed by atoms with van der Waals surface area (Å²) in [7, 11) is 0. The maximum atomic E-state index is 4.47. The smallest absolute Gasteiger partial charge is 0.123 e. The summed E-state index contributed by atoms with van der Waals surface area (Å²) in [6.45, 7) is 0. The van der Waals surface area contributed by atoms with Crippen LogP contribution in [-0.4, -0.2) is 9.97 Å². The van der Waals surface area contributed by atoms with Crippen molar-refractivity contribution < 1.29 is 0 Å². The first-order valence-corrected chi connectivity index (χ1v) is 13.6. The minimum absolute atomic E-state index is 1.05. The third kappa shape index (κ3) is 3.54. The quantitative estimate of drug-likeness (QED) is 0.227. The monoisotopic (exact) mass is 496 g/mol. The minimum atomic E-state index is 1.05. The number of hydrogen-bond acceptors (Lipinski definition) is 4. The summed E-state index contributed by atoms with van der Waals surface area (Å²) < 4.78 is 0. The Kier molecular flexibility index (Phi) is 5.20. The Bertz CT molecular complexity index is 1610. The first-order valence-electron chi connectivity index (χ1n) is 11.8. The largest absolute Gasteiger partial charge is 0.245 e. The van der Waals surface area contributed by atoms with Gasteiger partial charge in [-0.25, -0.2) is 9.97 Å². The Morgan fingerprint density at radius 2 is 0.722 bits per heavy atom. The van der Waals surface area contributed by atoms with Crippen LogP contribution in [0.15, 0.2) is 120 Å². The highest BCUT2D eigenvalue weighted by atomic mass is 32.1. The van der Waals surface area contributed by atoms with Gasteiger partial charge in [0.25, 0.3) is 0 Å². The Hall–Kier alpha value is -4.12. The first-order chi connectivity index (χ1) is 17.9. The molecule has 0 saturated carbocycles. The van der Waals surface area contributed by atoms with E-state index in [1.165, 1.54) is 43.8 Å². The summed E-state index contributed by atoms with van der Waals surface area (Å²) in [4.78, 5) is 8.94. The van der Waals surface area contributed by atoms with Gasteiger partial charge in [0.15, 0.2) is 0 Å². The van der Waals surface area contributed by atoms with Gasteiger partial charge in [-0.15, -0.1) is 22.7 Å². The molecule has 0 bridgehead atoms. The summed E-state index contributed by atoms with van der Waals surface area (Å²) in [5.41, 5.74) is 7.28. The zero-order valence-electron chi connectivity index (χ0n) is 19.3. The average molecular weight is 497 g/mol. The fourth-order valence-corrected chi connectivity index (χ4v) is 6.33. The molecule has 0 unspecified atom stereocenters. The van der Waals surface area contributed by atoms with Crippen molar-refractivity contribution >= 4 is 44.2 Å². The van der Waals surface area contributed by atoms with Crippen LogP contribution in [0.1, 0.15) is 0 Å². The highest BCUT2D eigenvalue weighted by molar-refractivity contribution is 7.13. The molecule has 0 atom stereocenters. The highest BCUT2D eigenvalue weighted by Crippen LogP contribution is 2.44. The summed E-state index contributed by atoms with van der Waals surface area (Å²) in [5, 5.41) is 11.2. The van der Waals surface area contributed by atoms with Gasteiger partial charge in [-0.2, -0.15) is 0 Å². The summed E-state index contributed by atoms with van der Waals surface area (Å²) in [5.74, 6) is 0. The molecular weight excluding hydrogens is 477 g/mol. The topological polar surface area (TPSA) is 25.8 Å². The van der Waals surface area contributed by atoms with Crippen LogP contribution >= 0.6 is 22.7 Å². The van der Waals surface area contributed by atoms with E-state index in [9.17, 15) is 0 Å². The number of nitrogens with zero attached hydrogens (tertiary/aromatic N) is 2. The summed E-state index contributed by atoms with van der Waals surface area (Å²) in [6.07, 6.45) is 3.72. The zero-order chi connectivity index (χ0) is 23.9. The Morgan fingerprint density at radius 3 is 1.03 bits per heavy atom. The van der Waals surface area contributed by atoms with E-state index in [0.29, 0.717) is 0 Å². The molecule has 0 spiro atoms. The van der Waals surface area contributed by atoms with Crippen LogP contribution in [0.2, 0.25) is 0 Å². The Balaban J connectivity index is 1.45. The number of hydrogen-bond donors (Lipinski definition) is 0. The van der Waals surface area contributed by atoms with Gasteiger partial charge in [0.1, 0.15) is 10.0 Å². The third-order valence-electron chi connectivity index (χ3n) is 6.64. The SMILES string of the molecule is c1ccc2c(-c3ccc(-c4nccs4)cc3)c3ccccc3c(-c3ccc(-c4nccs4)cc3)c2c1. The number of aromatic nitrogens is 2. The predicted molar refractivity (Wildman–Crippen MR) is 155 cm³/mol. The number of rotatable bonds is 4. The molecule has 7 aromatic rings. The highest BCUT2D eigenvalue weighted by Gasteiger charge is 2.16. The lowest BCUT2D eigenvalue weighted by Gasteiger charge is -2.18. The number of thiazole rings is 2. The molecular formula is C32H20N2S2. The van der Waals surface area contributed by atoms with Crippen molar-refractivity contribution in [2.24, 2.45) is 0 Å². The lowest BCUT2D eigenvalue weighted by molar-refractivity contribution is 1.41. The number of fused-ring (bicyclic) bond motifs is 2. The van der Waals surface area contributed by atoms with E-state index in [1.54, 1.807) is 22.7 Å². The molecule has 0 aliphatic carbocycles. The molecule has 0 aliphatic heterocycles. The van der Waals surface area contributed by atoms with Gasteiger partial charge in [-0.05, 0) is 43.8 Å². The molecule has 7 rings (SSSR count). The van der Waals surface area contributed by atoms with Gasteiger partial charge < -0.3 is 0 Å². The van der Waals surface area contributed by atoms with Crippen molar-refractivity contribution in [3.63, 3.8) is 0 Å². The molecule has 2 nitrogen and oxygen atoms in total. The van der Waals surface area contributed by atoms with Crippen molar-refractivity contribution in [1.82, 2.24) is 9.97 Å². The summed E-state index contributed by atoms with van der Waals surface area (Å²) in [6, 6.07) is 35.2. The van der Waals surface area contributed by atoms with E-state index in [2.05, 4.69) is 107 Å². The van der Waals surface area contributed by atoms with Crippen LogP contribution < -0.4 is 0 Å². The molecule has 0 N–H and O–H groups in total. The van der Waals surface area contributed by atoms with E-state index >= 15 is 0 Å². The van der Waals surface area contributed by atoms with Crippen molar-refractivity contribution in [2.75, 3.05) is 0 Å². The minimum Gasteiger partial charge on any atom is -0.245 e. The van der Waals surface area contributed by atoms with Gasteiger partial charge in [0, 0.05) is 34.3 Å². The van der Waals surface area contributed by atoms with Gasteiger partial charge >= 0.3 is 0 Å². The average Bonchev–Trinajstić information content (AvgIpc) is 3.67. The van der Waals surface area contributed by atoms with Gasteiger partial charge in [-0.1, -0.05) is 97.1 Å². The van der Waals surface area contributed by atoms with Crippen LogP contribution in [-0.2, 0) is 0 Å². The molecule has 36 heavy (non-hydrogen) atoms. The Morgan fingerprint density at radius 1 is 0.389 bits per heavy atom. The fraction of sp³-hybridized carbons (Fsp3) is 0. The lowest BCUT2D eigenvalue weighted by atomic mass is 9.86. The standard InChI is InChI=1S/C32H20N2S2/c1-2-6-26-25(5-1)29(21-9-13-23(14-10-21)31-33-17-19-35-31)27-7-3-4-8-28(27)30(26)22-11-15-24(16-12-22)32-34-18-20-36-32/h1-20H. The van der Waals surface area contributed by atoms with Gasteiger partial charge in [-0.3, -0.25) is 0 Å². The molecule has 0 fully saturated rings. The third-order valence-corrected chi connectivity index (χ3v) is 8.28. The maximum Gasteiger partial charge on any atom is 0.123 e. The molecule has 0 amide bonds. The molecule has 2 heterocycles. The van der Waals surface area contributed by atoms with E-state index in [4.69, 9.17) is 0 Å². The van der Waals surface area contributed by atoms with Crippen LogP contribution in [0.4, 0.5) is 0 Å². The molecule has 0 saturated heterocycles. The first kappa shape index (κ1) is 21.2. The zero-order valence-corrected chi connectivity index (χ0v) is 20.9. The molecule has 170 valence electrons. The fourth-order valence-electron chi connectivity index (χ4n) is 5.04. The molecule has 5 aromatic carbocycles. The van der Waals surface area contributed by atoms with Crippen LogP contribution in [0.5, 0.6) is 0 Å². The van der Waals surface area contributed by atoms with E-state index in [-0.39, 0.29) is 0 Å². The normalized spacial score (nSPS) is 11.3. The van der Waals surface area contributed by atoms with Crippen molar-refractivity contribution in [3.8, 4) is 43.4 Å². The molecule has 0 radical (unpaired) electrons. The van der Waals surface area contributed by atoms with Gasteiger partial charge in [0.2, 0.25) is 0 Å². The van der Waals surface area contributed by atoms with Crippen LogP contribution in [0.3, 0.4) is 0 Å². The second-order valence-corrected chi connectivity index (χ2v) is 10.5. The van der Waals surface area contributed by atoms with E-state index < -0.39 is 0 Å². The van der Waals surface area contributed by atoms with Crippen LogP contribution in [0, 0.1) is 0 Å². The second kappa shape index (κ2) is 8.83. The Labute approximate surface area is 217 Å². The van der Waals surface area contributed by atoms with Crippen molar-refractivity contribution in [2.45, 2.75) is 0 Å². The lowest BCUT2D eigenvalue weighted by Crippen LogP contribution is -1.91. The number of benzene rings is 5. The van der Waals surface area contributed by atoms with E-state index in [1.807, 2.05) is 23.2 Å². The van der Waals surface area contributed by atoms with Gasteiger partial charge in [0.05, 0.1) is 0 Å². The molecule has 0 aliphatic rings. The molecule has 2 aromatic heterocycles. The maximum absolute atomic E-state index is 4.47. The van der Waals surface area contributed by atoms with Crippen molar-refractivity contribution in [3.05, 3.63) is 120 Å². The van der Waals surface area contributed by atoms with Crippen LogP contribution in [0.25, 0.3) is 64.9 Å². The summed E-state index contributed by atoms with van der Waals surface area (Å²) >= 11 is 3.34. The second-order valence-electron chi connectivity index (χ2n) is 8.67. The predicted octanol–water partition coefficient (Wildman–Crippen LogP) is 9.57.